The van der Waals surface area contributed by atoms with Crippen LogP contribution in [0.5, 0.6) is 0 Å². The Hall–Kier alpha value is -3.38. The van der Waals surface area contributed by atoms with Crippen LogP contribution in [-0.2, 0) is 6.42 Å². The van der Waals surface area contributed by atoms with Gasteiger partial charge >= 0.3 is 0 Å². The van der Waals surface area contributed by atoms with Gasteiger partial charge in [0.2, 0.25) is 0 Å². The molecular formula is C23H20N4OS. The molecular weight excluding hydrogens is 380 g/mol. The summed E-state index contributed by atoms with van der Waals surface area (Å²) >= 11 is 1.49. The van der Waals surface area contributed by atoms with Crippen LogP contribution in [0, 0.1) is 0 Å². The van der Waals surface area contributed by atoms with Crippen molar-refractivity contribution >= 4 is 17.7 Å². The van der Waals surface area contributed by atoms with Crippen LogP contribution in [0.25, 0.3) is 5.69 Å². The Morgan fingerprint density at radius 2 is 1.76 bits per heavy atom. The van der Waals surface area contributed by atoms with Crippen molar-refractivity contribution < 1.29 is 4.79 Å². The monoisotopic (exact) mass is 400 g/mol. The molecule has 29 heavy (non-hydrogen) atoms. The minimum absolute atomic E-state index is 0.107. The quantitative estimate of drug-likeness (QED) is 0.500. The van der Waals surface area contributed by atoms with E-state index in [1.165, 1.54) is 11.8 Å². The highest BCUT2D eigenvalue weighted by Crippen LogP contribution is 2.28. The molecule has 1 amide bonds. The molecule has 0 radical (unpaired) electrons. The summed E-state index contributed by atoms with van der Waals surface area (Å²) in [6.07, 6.45) is 6.14. The fraction of sp³-hybridized carbons (Fsp3) is 0.0870. The Balaban J connectivity index is 1.35. The van der Waals surface area contributed by atoms with Crippen molar-refractivity contribution in [3.05, 3.63) is 103 Å². The van der Waals surface area contributed by atoms with E-state index >= 15 is 0 Å². The first-order chi connectivity index (χ1) is 14.3. The Morgan fingerprint density at radius 1 is 0.931 bits per heavy atom. The van der Waals surface area contributed by atoms with Gasteiger partial charge in [0, 0.05) is 30.0 Å². The van der Waals surface area contributed by atoms with Gasteiger partial charge in [-0.25, -0.2) is 9.67 Å². The number of hydrogen-bond acceptors (Lipinski definition) is 4. The molecule has 144 valence electrons. The first-order valence-electron chi connectivity index (χ1n) is 9.35. The second kappa shape index (κ2) is 9.21. The van der Waals surface area contributed by atoms with Gasteiger partial charge in [-0.2, -0.15) is 5.10 Å². The summed E-state index contributed by atoms with van der Waals surface area (Å²) < 4.78 is 1.82. The molecule has 2 heterocycles. The maximum absolute atomic E-state index is 12.7. The van der Waals surface area contributed by atoms with Crippen LogP contribution in [0.4, 0.5) is 0 Å². The van der Waals surface area contributed by atoms with Crippen LogP contribution < -0.4 is 5.32 Å². The van der Waals surface area contributed by atoms with E-state index in [-0.39, 0.29) is 5.91 Å². The van der Waals surface area contributed by atoms with E-state index in [1.807, 2.05) is 65.5 Å². The van der Waals surface area contributed by atoms with E-state index < -0.39 is 0 Å². The highest BCUT2D eigenvalue weighted by atomic mass is 32.2. The zero-order chi connectivity index (χ0) is 19.9. The summed E-state index contributed by atoms with van der Waals surface area (Å²) in [4.78, 5) is 18.1. The summed E-state index contributed by atoms with van der Waals surface area (Å²) in [7, 11) is 0. The molecule has 0 saturated carbocycles. The molecule has 0 bridgehead atoms. The fourth-order valence-corrected chi connectivity index (χ4v) is 3.80. The second-order valence-corrected chi connectivity index (χ2v) is 7.46. The lowest BCUT2D eigenvalue weighted by Gasteiger charge is -2.09. The van der Waals surface area contributed by atoms with Crippen molar-refractivity contribution in [3.63, 3.8) is 0 Å². The third-order valence-electron chi connectivity index (χ3n) is 4.38. The van der Waals surface area contributed by atoms with E-state index in [0.717, 1.165) is 22.6 Å². The molecule has 0 unspecified atom stereocenters. The third kappa shape index (κ3) is 4.92. The first kappa shape index (κ1) is 19.0. The van der Waals surface area contributed by atoms with Crippen LogP contribution in [0.3, 0.4) is 0 Å². The molecule has 0 atom stereocenters. The Bertz CT molecular complexity index is 1060. The standard InChI is InChI=1S/C23H20N4OS/c28-22(21-8-4-14-25-23(21)29-20-6-2-1-3-7-20)24-16-13-18-9-11-19(12-10-18)27-17-5-15-26-27/h1-12,14-15,17H,13,16H2,(H,24,28). The molecule has 6 heteroatoms. The van der Waals surface area contributed by atoms with Gasteiger partial charge in [0.25, 0.3) is 5.91 Å². The molecule has 1 N–H and O–H groups in total. The summed E-state index contributed by atoms with van der Waals surface area (Å²) in [5.41, 5.74) is 2.77. The number of benzene rings is 2. The topological polar surface area (TPSA) is 59.8 Å². The smallest absolute Gasteiger partial charge is 0.254 e. The highest BCUT2D eigenvalue weighted by molar-refractivity contribution is 7.99. The number of rotatable bonds is 7. The molecule has 5 nitrogen and oxygen atoms in total. The van der Waals surface area contributed by atoms with Gasteiger partial charge < -0.3 is 5.32 Å². The predicted octanol–water partition coefficient (Wildman–Crippen LogP) is 4.39. The van der Waals surface area contributed by atoms with Crippen molar-refractivity contribution in [2.45, 2.75) is 16.3 Å². The van der Waals surface area contributed by atoms with E-state index in [0.29, 0.717) is 17.1 Å². The lowest BCUT2D eigenvalue weighted by molar-refractivity contribution is 0.0950. The summed E-state index contributed by atoms with van der Waals surface area (Å²) in [5.74, 6) is -0.107. The molecule has 0 saturated heterocycles. The lowest BCUT2D eigenvalue weighted by Crippen LogP contribution is -2.26. The Labute approximate surface area is 173 Å². The van der Waals surface area contributed by atoms with Crippen LogP contribution in [0.15, 0.2) is 101 Å². The van der Waals surface area contributed by atoms with Crippen molar-refractivity contribution in [2.24, 2.45) is 0 Å². The Kier molecular flexibility index (Phi) is 6.02. The third-order valence-corrected chi connectivity index (χ3v) is 5.40. The maximum atomic E-state index is 12.7. The molecule has 0 spiro atoms. The number of carbonyl (C=O) groups is 1. The van der Waals surface area contributed by atoms with Gasteiger partial charge in [0.05, 0.1) is 11.3 Å². The number of nitrogens with zero attached hydrogens (tertiary/aromatic N) is 3. The predicted molar refractivity (Wildman–Crippen MR) is 114 cm³/mol. The lowest BCUT2D eigenvalue weighted by atomic mass is 10.1. The summed E-state index contributed by atoms with van der Waals surface area (Å²) in [5, 5.41) is 7.94. The minimum Gasteiger partial charge on any atom is -0.352 e. The highest BCUT2D eigenvalue weighted by Gasteiger charge is 2.13. The molecule has 0 fully saturated rings. The van der Waals surface area contributed by atoms with Crippen LogP contribution in [0.2, 0.25) is 0 Å². The van der Waals surface area contributed by atoms with Gasteiger partial charge in [0.15, 0.2) is 0 Å². The summed E-state index contributed by atoms with van der Waals surface area (Å²) in [6, 6.07) is 23.6. The zero-order valence-electron chi connectivity index (χ0n) is 15.7. The molecule has 2 aromatic carbocycles. The van der Waals surface area contributed by atoms with Crippen LogP contribution in [0.1, 0.15) is 15.9 Å². The van der Waals surface area contributed by atoms with Gasteiger partial charge in [-0.1, -0.05) is 42.1 Å². The normalized spacial score (nSPS) is 10.6. The van der Waals surface area contributed by atoms with Gasteiger partial charge in [-0.05, 0) is 54.4 Å². The minimum atomic E-state index is -0.107. The van der Waals surface area contributed by atoms with E-state index in [2.05, 4.69) is 27.5 Å². The zero-order valence-corrected chi connectivity index (χ0v) is 16.5. The van der Waals surface area contributed by atoms with E-state index in [1.54, 1.807) is 18.5 Å². The largest absolute Gasteiger partial charge is 0.352 e. The van der Waals surface area contributed by atoms with Crippen molar-refractivity contribution in [1.82, 2.24) is 20.1 Å². The molecule has 0 aliphatic rings. The fourth-order valence-electron chi connectivity index (χ4n) is 2.90. The second-order valence-electron chi connectivity index (χ2n) is 6.39. The van der Waals surface area contributed by atoms with E-state index in [9.17, 15) is 4.79 Å². The first-order valence-corrected chi connectivity index (χ1v) is 10.2. The van der Waals surface area contributed by atoms with Crippen LogP contribution >= 0.6 is 11.8 Å². The summed E-state index contributed by atoms with van der Waals surface area (Å²) in [6.45, 7) is 0.560. The van der Waals surface area contributed by atoms with Gasteiger partial charge in [-0.15, -0.1) is 0 Å². The van der Waals surface area contributed by atoms with Crippen molar-refractivity contribution in [1.29, 1.82) is 0 Å². The number of hydrogen-bond donors (Lipinski definition) is 1. The SMILES string of the molecule is O=C(NCCc1ccc(-n2cccn2)cc1)c1cccnc1Sc1ccccc1. The number of carbonyl (C=O) groups excluding carboxylic acids is 1. The number of nitrogens with one attached hydrogen (secondary N) is 1. The number of aromatic nitrogens is 3. The van der Waals surface area contributed by atoms with Gasteiger partial charge in [0.1, 0.15) is 5.03 Å². The average Bonchev–Trinajstić information content (AvgIpc) is 3.30. The maximum Gasteiger partial charge on any atom is 0.254 e. The van der Waals surface area contributed by atoms with Gasteiger partial charge in [-0.3, -0.25) is 4.79 Å². The van der Waals surface area contributed by atoms with Crippen LogP contribution in [-0.4, -0.2) is 27.2 Å². The molecule has 2 aromatic heterocycles. The Morgan fingerprint density at radius 3 is 2.52 bits per heavy atom. The molecule has 4 aromatic rings. The number of pyridine rings is 1. The molecule has 0 aliphatic carbocycles. The van der Waals surface area contributed by atoms with Crippen molar-refractivity contribution in [3.8, 4) is 5.69 Å². The average molecular weight is 401 g/mol. The molecule has 4 rings (SSSR count). The molecule has 0 aliphatic heterocycles. The number of amides is 1. The van der Waals surface area contributed by atoms with Crippen molar-refractivity contribution in [2.75, 3.05) is 6.54 Å². The van der Waals surface area contributed by atoms with E-state index in [4.69, 9.17) is 0 Å².